The molecule has 0 aliphatic carbocycles. The predicted octanol–water partition coefficient (Wildman–Crippen LogP) is 4.66. The molecule has 3 rings (SSSR count). The summed E-state index contributed by atoms with van der Waals surface area (Å²) in [4.78, 5) is 34.7. The highest BCUT2D eigenvalue weighted by molar-refractivity contribution is 6.42. The molecule has 3 aromatic rings. The fraction of sp³-hybridized carbons (Fsp3) is 0.0870. The smallest absolute Gasteiger partial charge is 0.343 e. The lowest BCUT2D eigenvalue weighted by Gasteiger charge is -2.10. The molecular weight excluding hydrogens is 501 g/mol. The molecule has 35 heavy (non-hydrogen) atoms. The summed E-state index contributed by atoms with van der Waals surface area (Å²) >= 11 is 11.8. The first-order valence-corrected chi connectivity index (χ1v) is 10.6. The number of methoxy groups -OCH3 is 1. The number of halogens is 2. The summed E-state index contributed by atoms with van der Waals surface area (Å²) < 4.78 is 15.8. The first kappa shape index (κ1) is 25.5. The van der Waals surface area contributed by atoms with E-state index in [0.29, 0.717) is 10.6 Å². The zero-order valence-electron chi connectivity index (χ0n) is 18.1. The van der Waals surface area contributed by atoms with Gasteiger partial charge >= 0.3 is 11.7 Å². The molecule has 10 nitrogen and oxygen atoms in total. The van der Waals surface area contributed by atoms with Gasteiger partial charge in [-0.2, -0.15) is 5.10 Å². The van der Waals surface area contributed by atoms with Crippen molar-refractivity contribution in [2.45, 2.75) is 0 Å². The van der Waals surface area contributed by atoms with E-state index < -0.39 is 23.4 Å². The minimum absolute atomic E-state index is 0.0348. The number of benzene rings is 3. The van der Waals surface area contributed by atoms with Crippen molar-refractivity contribution < 1.29 is 28.7 Å². The van der Waals surface area contributed by atoms with Gasteiger partial charge in [-0.25, -0.2) is 10.2 Å². The predicted molar refractivity (Wildman–Crippen MR) is 129 cm³/mol. The summed E-state index contributed by atoms with van der Waals surface area (Å²) in [6.07, 6.45) is 1.33. The van der Waals surface area contributed by atoms with E-state index >= 15 is 0 Å². The number of rotatable bonds is 9. The van der Waals surface area contributed by atoms with E-state index in [4.69, 9.17) is 37.4 Å². The molecule has 0 saturated heterocycles. The van der Waals surface area contributed by atoms with Crippen LogP contribution in [0, 0.1) is 10.1 Å². The van der Waals surface area contributed by atoms with Crippen LogP contribution in [0.1, 0.15) is 15.9 Å². The van der Waals surface area contributed by atoms with Crippen LogP contribution in [0.3, 0.4) is 0 Å². The van der Waals surface area contributed by atoms with E-state index in [9.17, 15) is 19.7 Å². The maximum atomic E-state index is 12.4. The van der Waals surface area contributed by atoms with Gasteiger partial charge in [0, 0.05) is 6.07 Å². The van der Waals surface area contributed by atoms with E-state index in [1.807, 2.05) is 0 Å². The summed E-state index contributed by atoms with van der Waals surface area (Å²) in [7, 11) is 1.40. The van der Waals surface area contributed by atoms with E-state index in [1.54, 1.807) is 12.1 Å². The van der Waals surface area contributed by atoms with Gasteiger partial charge in [0.1, 0.15) is 0 Å². The lowest BCUT2D eigenvalue weighted by atomic mass is 10.2. The lowest BCUT2D eigenvalue weighted by molar-refractivity contribution is -0.385. The maximum Gasteiger partial charge on any atom is 0.343 e. The number of hydrazone groups is 1. The highest BCUT2D eigenvalue weighted by atomic mass is 35.5. The quantitative estimate of drug-likeness (QED) is 0.143. The third-order valence-corrected chi connectivity index (χ3v) is 5.11. The highest BCUT2D eigenvalue weighted by Crippen LogP contribution is 2.29. The maximum absolute atomic E-state index is 12.4. The fourth-order valence-electron chi connectivity index (χ4n) is 2.72. The van der Waals surface area contributed by atoms with Crippen molar-refractivity contribution in [2.75, 3.05) is 13.7 Å². The number of ether oxygens (including phenoxy) is 3. The number of nitro benzene ring substituents is 1. The van der Waals surface area contributed by atoms with Crippen LogP contribution in [0.4, 0.5) is 5.69 Å². The molecule has 0 aliphatic heterocycles. The Morgan fingerprint density at radius 1 is 1.03 bits per heavy atom. The average molecular weight is 518 g/mol. The monoisotopic (exact) mass is 517 g/mol. The van der Waals surface area contributed by atoms with Gasteiger partial charge in [-0.1, -0.05) is 35.3 Å². The van der Waals surface area contributed by atoms with Crippen molar-refractivity contribution in [3.63, 3.8) is 0 Å². The number of carbonyl (C=O) groups is 2. The number of hydrogen-bond donors (Lipinski definition) is 1. The Hall–Kier alpha value is -4.15. The Balaban J connectivity index is 1.59. The molecule has 0 spiro atoms. The Labute approximate surface area is 209 Å². The van der Waals surface area contributed by atoms with Crippen molar-refractivity contribution in [1.82, 2.24) is 5.43 Å². The van der Waals surface area contributed by atoms with Crippen molar-refractivity contribution in [3.8, 4) is 17.2 Å². The van der Waals surface area contributed by atoms with Crippen LogP contribution >= 0.6 is 23.2 Å². The summed E-state index contributed by atoms with van der Waals surface area (Å²) in [6, 6.07) is 14.7. The molecule has 0 fully saturated rings. The number of esters is 1. The van der Waals surface area contributed by atoms with E-state index in [0.717, 1.165) is 0 Å². The molecular formula is C23H17Cl2N3O7. The van der Waals surface area contributed by atoms with Crippen LogP contribution in [-0.2, 0) is 4.79 Å². The van der Waals surface area contributed by atoms with Gasteiger partial charge in [-0.05, 0) is 48.0 Å². The molecule has 3 aromatic carbocycles. The first-order valence-electron chi connectivity index (χ1n) is 9.82. The molecule has 0 bridgehead atoms. The Morgan fingerprint density at radius 2 is 1.80 bits per heavy atom. The molecule has 0 heterocycles. The molecule has 0 saturated carbocycles. The molecule has 1 amide bonds. The standard InChI is InChI=1S/C23H17Cl2N3O7/c1-33-21-10-14(6-9-20(21)35-23(30)15-7-8-16(24)17(25)11-15)12-26-27-22(29)13-34-19-5-3-2-4-18(19)28(31)32/h2-12H,13H2,1H3,(H,27,29). The zero-order chi connectivity index (χ0) is 25.4. The SMILES string of the molecule is COc1cc(C=NNC(=O)COc2ccccc2[N+](=O)[O-])ccc1OC(=O)c1ccc(Cl)c(Cl)c1. The van der Waals surface area contributed by atoms with Crippen LogP contribution < -0.4 is 19.6 Å². The van der Waals surface area contributed by atoms with E-state index in [2.05, 4.69) is 10.5 Å². The molecule has 0 radical (unpaired) electrons. The second-order valence-corrected chi connectivity index (χ2v) is 7.55. The minimum Gasteiger partial charge on any atom is -0.493 e. The van der Waals surface area contributed by atoms with Gasteiger partial charge in [0.05, 0.1) is 33.9 Å². The molecule has 1 N–H and O–H groups in total. The summed E-state index contributed by atoms with van der Waals surface area (Å²) in [5.41, 5.74) is 2.73. The number of carbonyl (C=O) groups excluding carboxylic acids is 2. The van der Waals surface area contributed by atoms with Crippen molar-refractivity contribution in [2.24, 2.45) is 5.10 Å². The second kappa shape index (κ2) is 11.8. The van der Waals surface area contributed by atoms with Gasteiger partial charge in [-0.3, -0.25) is 14.9 Å². The van der Waals surface area contributed by atoms with Crippen LogP contribution in [0.2, 0.25) is 10.0 Å². The van der Waals surface area contributed by atoms with Gasteiger partial charge < -0.3 is 14.2 Å². The number of nitro groups is 1. The zero-order valence-corrected chi connectivity index (χ0v) is 19.6. The Bertz CT molecular complexity index is 1300. The average Bonchev–Trinajstić information content (AvgIpc) is 2.85. The minimum atomic E-state index is -0.658. The van der Waals surface area contributed by atoms with Crippen molar-refractivity contribution in [3.05, 3.63) is 92.0 Å². The third-order valence-electron chi connectivity index (χ3n) is 4.37. The number of hydrogen-bond acceptors (Lipinski definition) is 8. The number of nitrogens with zero attached hydrogens (tertiary/aromatic N) is 2. The molecule has 0 aliphatic rings. The molecule has 180 valence electrons. The van der Waals surface area contributed by atoms with Crippen LogP contribution in [-0.4, -0.2) is 36.7 Å². The lowest BCUT2D eigenvalue weighted by Crippen LogP contribution is -2.24. The van der Waals surface area contributed by atoms with E-state index in [-0.39, 0.29) is 33.5 Å². The highest BCUT2D eigenvalue weighted by Gasteiger charge is 2.16. The normalized spacial score (nSPS) is 10.6. The third kappa shape index (κ3) is 6.92. The van der Waals surface area contributed by atoms with Crippen molar-refractivity contribution in [1.29, 1.82) is 0 Å². The van der Waals surface area contributed by atoms with Gasteiger partial charge in [0.2, 0.25) is 0 Å². The van der Waals surface area contributed by atoms with Crippen molar-refractivity contribution >= 4 is 47.0 Å². The van der Waals surface area contributed by atoms with Crippen LogP contribution in [0.5, 0.6) is 17.2 Å². The van der Waals surface area contributed by atoms with Gasteiger partial charge in [0.25, 0.3) is 5.91 Å². The van der Waals surface area contributed by atoms with Crippen LogP contribution in [0.15, 0.2) is 65.8 Å². The second-order valence-electron chi connectivity index (χ2n) is 6.74. The number of amides is 1. The summed E-state index contributed by atoms with van der Waals surface area (Å²) in [5, 5.41) is 15.3. The van der Waals surface area contributed by atoms with Crippen LogP contribution in [0.25, 0.3) is 0 Å². The number of nitrogens with one attached hydrogen (secondary N) is 1. The topological polar surface area (TPSA) is 129 Å². The first-order chi connectivity index (χ1) is 16.8. The molecule has 0 unspecified atom stereocenters. The Kier molecular flexibility index (Phi) is 8.60. The summed E-state index contributed by atoms with van der Waals surface area (Å²) in [5.74, 6) is -0.920. The van der Waals surface area contributed by atoms with Gasteiger partial charge in [0.15, 0.2) is 23.9 Å². The molecule has 0 atom stereocenters. The van der Waals surface area contributed by atoms with Gasteiger partial charge in [-0.15, -0.1) is 0 Å². The number of para-hydroxylation sites is 2. The largest absolute Gasteiger partial charge is 0.493 e. The van der Waals surface area contributed by atoms with E-state index in [1.165, 1.54) is 61.9 Å². The molecule has 12 heteroatoms. The Morgan fingerprint density at radius 3 is 2.51 bits per heavy atom. The fourth-order valence-corrected chi connectivity index (χ4v) is 3.01. The molecule has 0 aromatic heterocycles. The summed E-state index contributed by atoms with van der Waals surface area (Å²) in [6.45, 7) is -0.477.